The number of thioether (sulfide) groups is 1. The molecule has 2 heterocycles. The summed E-state index contributed by atoms with van der Waals surface area (Å²) in [5.74, 6) is -0.0801. The van der Waals surface area contributed by atoms with E-state index in [0.29, 0.717) is 21.8 Å². The zero-order chi connectivity index (χ0) is 19.4. The number of nitriles is 1. The van der Waals surface area contributed by atoms with Crippen LogP contribution < -0.4 is 0 Å². The van der Waals surface area contributed by atoms with Gasteiger partial charge in [-0.1, -0.05) is 42.1 Å². The van der Waals surface area contributed by atoms with Crippen LogP contribution in [0.4, 0.5) is 0 Å². The fourth-order valence-corrected chi connectivity index (χ4v) is 4.40. The van der Waals surface area contributed by atoms with Crippen molar-refractivity contribution >= 4 is 23.5 Å². The maximum atomic E-state index is 13.2. The lowest BCUT2D eigenvalue weighted by Gasteiger charge is -2.23. The number of Topliss-reactive ketones (excluding diaryl/α,β-unsaturated/α-hetero) is 1. The number of carbonyl (C=O) groups is 2. The third kappa shape index (κ3) is 4.20. The molecule has 0 radical (unpaired) electrons. The molecule has 27 heavy (non-hydrogen) atoms. The number of pyridine rings is 1. The van der Waals surface area contributed by atoms with Crippen LogP contribution in [0.3, 0.4) is 0 Å². The molecule has 2 aromatic rings. The molecule has 3 rings (SSSR count). The van der Waals surface area contributed by atoms with Gasteiger partial charge in [0.15, 0.2) is 5.78 Å². The van der Waals surface area contributed by atoms with Gasteiger partial charge in [0.1, 0.15) is 16.3 Å². The minimum atomic E-state index is -0.466. The predicted molar refractivity (Wildman–Crippen MR) is 105 cm³/mol. The van der Waals surface area contributed by atoms with Gasteiger partial charge in [-0.2, -0.15) is 5.26 Å². The highest BCUT2D eigenvalue weighted by Gasteiger charge is 2.30. The largest absolute Gasteiger partial charge is 0.341 e. The van der Waals surface area contributed by atoms with Crippen molar-refractivity contribution in [3.63, 3.8) is 0 Å². The van der Waals surface area contributed by atoms with Gasteiger partial charge in [0, 0.05) is 24.3 Å². The van der Waals surface area contributed by atoms with Crippen LogP contribution in [0.25, 0.3) is 0 Å². The van der Waals surface area contributed by atoms with Gasteiger partial charge in [0.2, 0.25) is 5.91 Å². The Kier molecular flexibility index (Phi) is 5.92. The smallest absolute Gasteiger partial charge is 0.240 e. The second-order valence-electron chi connectivity index (χ2n) is 6.58. The second kappa shape index (κ2) is 8.36. The first-order chi connectivity index (χ1) is 13.0. The highest BCUT2D eigenvalue weighted by atomic mass is 32.2. The molecule has 0 saturated carbocycles. The van der Waals surface area contributed by atoms with Crippen LogP contribution in [0.1, 0.15) is 52.2 Å². The molecular weight excluding hydrogens is 358 g/mol. The minimum absolute atomic E-state index is 0.0442. The molecule has 1 fully saturated rings. The van der Waals surface area contributed by atoms with Gasteiger partial charge < -0.3 is 4.90 Å². The lowest BCUT2D eigenvalue weighted by molar-refractivity contribution is -0.129. The summed E-state index contributed by atoms with van der Waals surface area (Å²) in [7, 11) is 0. The van der Waals surface area contributed by atoms with Crippen molar-refractivity contribution < 1.29 is 9.59 Å². The molecule has 1 saturated heterocycles. The van der Waals surface area contributed by atoms with Crippen molar-refractivity contribution in [2.45, 2.75) is 37.0 Å². The fourth-order valence-electron chi connectivity index (χ4n) is 3.21. The van der Waals surface area contributed by atoms with E-state index in [4.69, 9.17) is 0 Å². The van der Waals surface area contributed by atoms with Crippen LogP contribution in [0.2, 0.25) is 0 Å². The first-order valence-electron chi connectivity index (χ1n) is 8.94. The summed E-state index contributed by atoms with van der Waals surface area (Å²) in [4.78, 5) is 31.3. The zero-order valence-electron chi connectivity index (χ0n) is 15.4. The van der Waals surface area contributed by atoms with E-state index in [9.17, 15) is 14.9 Å². The van der Waals surface area contributed by atoms with Gasteiger partial charge in [-0.05, 0) is 38.3 Å². The molecule has 0 aliphatic carbocycles. The van der Waals surface area contributed by atoms with Crippen LogP contribution >= 0.6 is 11.8 Å². The Hall–Kier alpha value is -2.65. The number of aryl methyl sites for hydroxylation is 1. The quantitative estimate of drug-likeness (QED) is 0.581. The Labute approximate surface area is 163 Å². The summed E-state index contributed by atoms with van der Waals surface area (Å²) in [5, 5.41) is 9.56. The van der Waals surface area contributed by atoms with E-state index < -0.39 is 5.25 Å². The molecular formula is C21H21N3O2S. The van der Waals surface area contributed by atoms with Gasteiger partial charge in [-0.15, -0.1) is 0 Å². The van der Waals surface area contributed by atoms with Crippen LogP contribution in [0, 0.1) is 18.3 Å². The molecule has 0 N–H and O–H groups in total. The van der Waals surface area contributed by atoms with Gasteiger partial charge >= 0.3 is 0 Å². The molecule has 1 atom stereocenters. The topological polar surface area (TPSA) is 74.1 Å². The number of ketones is 1. The van der Waals surface area contributed by atoms with E-state index in [0.717, 1.165) is 31.5 Å². The zero-order valence-corrected chi connectivity index (χ0v) is 16.3. The van der Waals surface area contributed by atoms with E-state index in [1.165, 1.54) is 18.7 Å². The van der Waals surface area contributed by atoms with Crippen molar-refractivity contribution in [3.8, 4) is 6.07 Å². The Bertz CT molecular complexity index is 900. The van der Waals surface area contributed by atoms with Gasteiger partial charge in [-0.3, -0.25) is 9.59 Å². The number of carbonyl (C=O) groups excluding carboxylic acids is 2. The fraction of sp³-hybridized carbons (Fsp3) is 0.333. The average Bonchev–Trinajstić information content (AvgIpc) is 3.21. The minimum Gasteiger partial charge on any atom is -0.341 e. The molecule has 5 nitrogen and oxygen atoms in total. The number of hydrogen-bond donors (Lipinski definition) is 0. The first-order valence-corrected chi connectivity index (χ1v) is 9.82. The van der Waals surface area contributed by atoms with Crippen LogP contribution in [0.5, 0.6) is 0 Å². The van der Waals surface area contributed by atoms with E-state index in [2.05, 4.69) is 11.1 Å². The normalized spacial score (nSPS) is 14.6. The van der Waals surface area contributed by atoms with Crippen LogP contribution in [-0.2, 0) is 4.79 Å². The SMILES string of the molecule is CC(=O)c1cc(C#N)c(SC(C(=O)N2CCCC2)c2ccccc2)nc1C. The molecule has 1 aromatic carbocycles. The predicted octanol–water partition coefficient (Wildman–Crippen LogP) is 3.92. The number of aromatic nitrogens is 1. The van der Waals surface area contributed by atoms with Crippen molar-refractivity contribution in [2.75, 3.05) is 13.1 Å². The maximum Gasteiger partial charge on any atom is 0.240 e. The Morgan fingerprint density at radius 2 is 1.89 bits per heavy atom. The lowest BCUT2D eigenvalue weighted by atomic mass is 10.1. The molecule has 1 unspecified atom stereocenters. The number of hydrogen-bond acceptors (Lipinski definition) is 5. The average molecular weight is 379 g/mol. The highest BCUT2D eigenvalue weighted by Crippen LogP contribution is 2.38. The van der Waals surface area contributed by atoms with Crippen LogP contribution in [-0.4, -0.2) is 34.7 Å². The molecule has 138 valence electrons. The van der Waals surface area contributed by atoms with Crippen molar-refractivity contribution in [3.05, 3.63) is 58.8 Å². The summed E-state index contributed by atoms with van der Waals surface area (Å²) < 4.78 is 0. The lowest BCUT2D eigenvalue weighted by Crippen LogP contribution is -2.31. The Morgan fingerprint density at radius 1 is 1.22 bits per heavy atom. The number of likely N-dealkylation sites (tertiary alicyclic amines) is 1. The second-order valence-corrected chi connectivity index (χ2v) is 7.68. The van der Waals surface area contributed by atoms with Crippen molar-refractivity contribution in [1.29, 1.82) is 5.26 Å². The van der Waals surface area contributed by atoms with Gasteiger partial charge in [0.25, 0.3) is 0 Å². The monoisotopic (exact) mass is 379 g/mol. The number of rotatable bonds is 5. The third-order valence-electron chi connectivity index (χ3n) is 4.65. The summed E-state index contributed by atoms with van der Waals surface area (Å²) in [6.07, 6.45) is 2.04. The van der Waals surface area contributed by atoms with E-state index in [1.54, 1.807) is 13.0 Å². The van der Waals surface area contributed by atoms with Gasteiger partial charge in [0.05, 0.1) is 5.56 Å². The molecule has 0 bridgehead atoms. The molecule has 6 heteroatoms. The summed E-state index contributed by atoms with van der Waals surface area (Å²) in [6.45, 7) is 4.75. The Balaban J connectivity index is 1.99. The molecule has 1 aliphatic heterocycles. The summed E-state index contributed by atoms with van der Waals surface area (Å²) in [5.41, 5.74) is 2.23. The molecule has 1 aromatic heterocycles. The van der Waals surface area contributed by atoms with Gasteiger partial charge in [-0.25, -0.2) is 4.98 Å². The van der Waals surface area contributed by atoms with Crippen molar-refractivity contribution in [1.82, 2.24) is 9.88 Å². The van der Waals surface area contributed by atoms with Crippen LogP contribution in [0.15, 0.2) is 41.4 Å². The maximum absolute atomic E-state index is 13.2. The Morgan fingerprint density at radius 3 is 2.48 bits per heavy atom. The third-order valence-corrected chi connectivity index (χ3v) is 5.90. The molecule has 1 amide bonds. The van der Waals surface area contributed by atoms with Crippen molar-refractivity contribution in [2.24, 2.45) is 0 Å². The first kappa shape index (κ1) is 19.1. The van der Waals surface area contributed by atoms with E-state index in [1.807, 2.05) is 35.2 Å². The number of benzene rings is 1. The molecule has 0 spiro atoms. The molecule has 1 aliphatic rings. The standard InChI is InChI=1S/C21H21N3O2S/c1-14-18(15(2)25)12-17(13-22)20(23-14)27-19(16-8-4-3-5-9-16)21(26)24-10-6-7-11-24/h3-5,8-9,12,19H,6-7,10-11H2,1-2H3. The number of amides is 1. The summed E-state index contributed by atoms with van der Waals surface area (Å²) in [6, 6.07) is 13.3. The van der Waals surface area contributed by atoms with E-state index in [-0.39, 0.29) is 11.7 Å². The summed E-state index contributed by atoms with van der Waals surface area (Å²) >= 11 is 1.29. The number of nitrogens with zero attached hydrogens (tertiary/aromatic N) is 3. The highest BCUT2D eigenvalue weighted by molar-refractivity contribution is 8.00. The van der Waals surface area contributed by atoms with E-state index >= 15 is 0 Å².